The van der Waals surface area contributed by atoms with Gasteiger partial charge in [-0.15, -0.1) is 0 Å². The summed E-state index contributed by atoms with van der Waals surface area (Å²) >= 11 is 3.36. The molecule has 0 aromatic heterocycles. The van der Waals surface area contributed by atoms with Crippen molar-refractivity contribution in [3.63, 3.8) is 0 Å². The van der Waals surface area contributed by atoms with Crippen molar-refractivity contribution in [2.75, 3.05) is 13.7 Å². The summed E-state index contributed by atoms with van der Waals surface area (Å²) in [6, 6.07) is 5.50. The van der Waals surface area contributed by atoms with Gasteiger partial charge in [0.1, 0.15) is 24.2 Å². The number of aliphatic hydroxyl groups excluding tert-OH is 1. The van der Waals surface area contributed by atoms with Crippen LogP contribution in [-0.4, -0.2) is 23.7 Å². The Morgan fingerprint density at radius 2 is 2.36 bits per heavy atom. The van der Waals surface area contributed by atoms with Gasteiger partial charge in [0.05, 0.1) is 17.5 Å². The van der Waals surface area contributed by atoms with Crippen LogP contribution in [0.1, 0.15) is 11.7 Å². The lowest BCUT2D eigenvalue weighted by Crippen LogP contribution is -2.26. The first-order valence-electron chi connectivity index (χ1n) is 4.36. The summed E-state index contributed by atoms with van der Waals surface area (Å²) in [6.07, 6.45) is -0.574. The molecule has 1 aliphatic heterocycles. The van der Waals surface area contributed by atoms with Crippen LogP contribution in [0.4, 0.5) is 0 Å². The molecule has 4 heteroatoms. The van der Waals surface area contributed by atoms with Crippen LogP contribution < -0.4 is 9.47 Å². The van der Waals surface area contributed by atoms with Crippen molar-refractivity contribution < 1.29 is 14.6 Å². The quantitative estimate of drug-likeness (QED) is 0.782. The van der Waals surface area contributed by atoms with Gasteiger partial charge < -0.3 is 14.6 Å². The van der Waals surface area contributed by atoms with Gasteiger partial charge in [-0.25, -0.2) is 0 Å². The minimum Gasteiger partial charge on any atom is -0.496 e. The summed E-state index contributed by atoms with van der Waals surface area (Å²) in [4.78, 5) is -0.0775. The summed E-state index contributed by atoms with van der Waals surface area (Å²) in [5.74, 6) is 1.37. The van der Waals surface area contributed by atoms with E-state index in [1.54, 1.807) is 7.11 Å². The van der Waals surface area contributed by atoms with Gasteiger partial charge in [0.25, 0.3) is 0 Å². The maximum atomic E-state index is 9.93. The van der Waals surface area contributed by atoms with E-state index in [-0.39, 0.29) is 4.83 Å². The fourth-order valence-electron chi connectivity index (χ4n) is 1.56. The second-order valence-corrected chi connectivity index (χ2v) is 4.32. The Labute approximate surface area is 90.8 Å². The highest BCUT2D eigenvalue weighted by atomic mass is 79.9. The highest BCUT2D eigenvalue weighted by Gasteiger charge is 2.30. The molecule has 0 amide bonds. The van der Waals surface area contributed by atoms with Gasteiger partial charge in [0, 0.05) is 0 Å². The number of halogens is 1. The molecule has 0 fully saturated rings. The van der Waals surface area contributed by atoms with Crippen molar-refractivity contribution in [2.24, 2.45) is 0 Å². The highest BCUT2D eigenvalue weighted by Crippen LogP contribution is 2.40. The van der Waals surface area contributed by atoms with Crippen molar-refractivity contribution >= 4 is 15.9 Å². The second kappa shape index (κ2) is 3.79. The first-order chi connectivity index (χ1) is 6.74. The average Bonchev–Trinajstić information content (AvgIpc) is 2.23. The number of benzene rings is 1. The molecule has 0 aliphatic carbocycles. The third kappa shape index (κ3) is 1.48. The zero-order chi connectivity index (χ0) is 10.1. The fraction of sp³-hybridized carbons (Fsp3) is 0.400. The maximum Gasteiger partial charge on any atom is 0.128 e. The summed E-state index contributed by atoms with van der Waals surface area (Å²) in [5, 5.41) is 9.93. The van der Waals surface area contributed by atoms with Crippen LogP contribution in [0.3, 0.4) is 0 Å². The third-order valence-corrected chi connectivity index (χ3v) is 3.05. The number of hydrogen-bond acceptors (Lipinski definition) is 3. The first kappa shape index (κ1) is 9.80. The second-order valence-electron chi connectivity index (χ2n) is 3.14. The third-order valence-electron chi connectivity index (χ3n) is 2.28. The molecule has 2 unspecified atom stereocenters. The normalized spacial score (nSPS) is 25.1. The van der Waals surface area contributed by atoms with Gasteiger partial charge in [-0.1, -0.05) is 22.0 Å². The molecule has 1 aromatic rings. The van der Waals surface area contributed by atoms with Crippen molar-refractivity contribution in [1.82, 2.24) is 0 Å². The Bertz CT molecular complexity index is 326. The molecule has 0 radical (unpaired) electrons. The minimum atomic E-state index is -0.574. The van der Waals surface area contributed by atoms with E-state index in [0.717, 1.165) is 5.56 Å². The van der Waals surface area contributed by atoms with Crippen molar-refractivity contribution in [1.29, 1.82) is 0 Å². The van der Waals surface area contributed by atoms with Crippen LogP contribution in [0.25, 0.3) is 0 Å². The number of hydrogen-bond donors (Lipinski definition) is 1. The fourth-order valence-corrected chi connectivity index (χ4v) is 1.96. The van der Waals surface area contributed by atoms with Crippen LogP contribution in [0.15, 0.2) is 18.2 Å². The first-order valence-corrected chi connectivity index (χ1v) is 5.27. The topological polar surface area (TPSA) is 38.7 Å². The molecule has 0 spiro atoms. The van der Waals surface area contributed by atoms with Crippen LogP contribution in [0, 0.1) is 0 Å². The zero-order valence-corrected chi connectivity index (χ0v) is 9.32. The Hall–Kier alpha value is -0.740. The molecule has 1 aliphatic rings. The van der Waals surface area contributed by atoms with Crippen LogP contribution in [-0.2, 0) is 0 Å². The van der Waals surface area contributed by atoms with Gasteiger partial charge in [-0.3, -0.25) is 0 Å². The number of ether oxygens (including phenoxy) is 2. The minimum absolute atomic E-state index is 0.0775. The summed E-state index contributed by atoms with van der Waals surface area (Å²) in [7, 11) is 1.58. The van der Waals surface area contributed by atoms with Crippen molar-refractivity contribution in [3.8, 4) is 11.5 Å². The molecule has 2 atom stereocenters. The van der Waals surface area contributed by atoms with E-state index in [9.17, 15) is 5.11 Å². The van der Waals surface area contributed by atoms with Gasteiger partial charge >= 0.3 is 0 Å². The lowest BCUT2D eigenvalue weighted by Gasteiger charge is -2.27. The molecule has 0 saturated heterocycles. The standard InChI is InChI=1S/C10H11BrO3/c1-13-7-3-2-4-8-9(7)10(12)6(11)5-14-8/h2-4,6,10,12H,5H2,1H3. The summed E-state index contributed by atoms with van der Waals surface area (Å²) in [6.45, 7) is 0.474. The number of methoxy groups -OCH3 is 1. The molecule has 14 heavy (non-hydrogen) atoms. The molecule has 0 saturated carbocycles. The van der Waals surface area contributed by atoms with E-state index in [0.29, 0.717) is 18.1 Å². The Kier molecular flexibility index (Phi) is 2.65. The van der Waals surface area contributed by atoms with E-state index < -0.39 is 6.10 Å². The monoisotopic (exact) mass is 258 g/mol. The van der Waals surface area contributed by atoms with E-state index in [2.05, 4.69) is 15.9 Å². The molecule has 1 aromatic carbocycles. The van der Waals surface area contributed by atoms with Crippen LogP contribution in [0.5, 0.6) is 11.5 Å². The Balaban J connectivity index is 2.49. The predicted octanol–water partition coefficient (Wildman–Crippen LogP) is 1.88. The van der Waals surface area contributed by atoms with Gasteiger partial charge in [0.2, 0.25) is 0 Å². The van der Waals surface area contributed by atoms with Gasteiger partial charge in [-0.05, 0) is 12.1 Å². The smallest absolute Gasteiger partial charge is 0.128 e. The largest absolute Gasteiger partial charge is 0.496 e. The highest BCUT2D eigenvalue weighted by molar-refractivity contribution is 9.09. The molecule has 1 N–H and O–H groups in total. The van der Waals surface area contributed by atoms with E-state index in [4.69, 9.17) is 9.47 Å². The lowest BCUT2D eigenvalue weighted by atomic mass is 10.0. The summed E-state index contributed by atoms with van der Waals surface area (Å²) in [5.41, 5.74) is 0.725. The maximum absolute atomic E-state index is 9.93. The molecule has 3 nitrogen and oxygen atoms in total. The molecule has 2 rings (SSSR count). The lowest BCUT2D eigenvalue weighted by molar-refractivity contribution is 0.121. The Morgan fingerprint density at radius 3 is 3.07 bits per heavy atom. The number of rotatable bonds is 1. The molecular weight excluding hydrogens is 248 g/mol. The predicted molar refractivity (Wildman–Crippen MR) is 56.2 cm³/mol. The zero-order valence-electron chi connectivity index (χ0n) is 7.74. The molecule has 76 valence electrons. The number of fused-ring (bicyclic) bond motifs is 1. The van der Waals surface area contributed by atoms with E-state index in [1.165, 1.54) is 0 Å². The van der Waals surface area contributed by atoms with E-state index in [1.807, 2.05) is 18.2 Å². The van der Waals surface area contributed by atoms with Crippen molar-refractivity contribution in [3.05, 3.63) is 23.8 Å². The van der Waals surface area contributed by atoms with E-state index >= 15 is 0 Å². The van der Waals surface area contributed by atoms with Crippen LogP contribution in [0.2, 0.25) is 0 Å². The molecule has 1 heterocycles. The average molecular weight is 259 g/mol. The SMILES string of the molecule is COc1cccc2c1C(O)C(Br)CO2. The summed E-state index contributed by atoms with van der Waals surface area (Å²) < 4.78 is 10.6. The van der Waals surface area contributed by atoms with Crippen molar-refractivity contribution in [2.45, 2.75) is 10.9 Å². The molecular formula is C10H11BrO3. The van der Waals surface area contributed by atoms with Gasteiger partial charge in [-0.2, -0.15) is 0 Å². The Morgan fingerprint density at radius 1 is 1.57 bits per heavy atom. The number of aliphatic hydroxyl groups is 1. The van der Waals surface area contributed by atoms with Crippen LogP contribution >= 0.6 is 15.9 Å². The van der Waals surface area contributed by atoms with Gasteiger partial charge in [0.15, 0.2) is 0 Å². The number of alkyl halides is 1. The molecule has 0 bridgehead atoms.